The molecule has 0 saturated heterocycles. The zero-order valence-electron chi connectivity index (χ0n) is 16.5. The molecule has 0 aliphatic carbocycles. The van der Waals surface area contributed by atoms with Crippen LogP contribution in [0.1, 0.15) is 12.1 Å². The van der Waals surface area contributed by atoms with Gasteiger partial charge in [-0.1, -0.05) is 24.3 Å². The topological polar surface area (TPSA) is 110 Å². The molecule has 156 valence electrons. The second-order valence-electron chi connectivity index (χ2n) is 7.48. The van der Waals surface area contributed by atoms with E-state index in [9.17, 15) is 4.79 Å². The molecule has 8 nitrogen and oxygen atoms in total. The third-order valence-corrected chi connectivity index (χ3v) is 6.26. The molecule has 1 aromatic carbocycles. The number of pyridine rings is 1. The van der Waals surface area contributed by atoms with Crippen LogP contribution < -0.4 is 5.73 Å². The van der Waals surface area contributed by atoms with Crippen molar-refractivity contribution in [2.24, 2.45) is 0 Å². The highest BCUT2D eigenvalue weighted by atomic mass is 79.9. The average molecular weight is 479 g/mol. The van der Waals surface area contributed by atoms with Gasteiger partial charge in [-0.2, -0.15) is 9.61 Å². The van der Waals surface area contributed by atoms with Crippen LogP contribution in [0.3, 0.4) is 0 Å². The fourth-order valence-corrected chi connectivity index (χ4v) is 4.40. The molecule has 0 amide bonds. The van der Waals surface area contributed by atoms with E-state index in [0.717, 1.165) is 33.3 Å². The van der Waals surface area contributed by atoms with Crippen molar-refractivity contribution >= 4 is 49.8 Å². The van der Waals surface area contributed by atoms with E-state index in [-0.39, 0.29) is 6.54 Å². The van der Waals surface area contributed by atoms with Crippen LogP contribution in [-0.2, 0) is 4.79 Å². The Morgan fingerprint density at radius 2 is 2.10 bits per heavy atom. The molecule has 9 heteroatoms. The molecule has 3 aromatic heterocycles. The van der Waals surface area contributed by atoms with Gasteiger partial charge >= 0.3 is 5.97 Å². The quantitative estimate of drug-likeness (QED) is 0.461. The van der Waals surface area contributed by atoms with Crippen molar-refractivity contribution in [2.75, 3.05) is 25.4 Å². The van der Waals surface area contributed by atoms with E-state index in [2.05, 4.69) is 32.1 Å². The zero-order chi connectivity index (χ0) is 21.5. The van der Waals surface area contributed by atoms with Crippen LogP contribution >= 0.6 is 15.9 Å². The summed E-state index contributed by atoms with van der Waals surface area (Å²) in [7, 11) is 0. The number of rotatable bonds is 4. The predicted molar refractivity (Wildman–Crippen MR) is 123 cm³/mol. The smallest absolute Gasteiger partial charge is 0.317 e. The number of hydrogen-bond donors (Lipinski definition) is 2. The molecule has 31 heavy (non-hydrogen) atoms. The fourth-order valence-electron chi connectivity index (χ4n) is 3.89. The van der Waals surface area contributed by atoms with Crippen molar-refractivity contribution in [1.82, 2.24) is 24.5 Å². The molecule has 0 unspecified atom stereocenters. The van der Waals surface area contributed by atoms with Crippen LogP contribution in [0.25, 0.3) is 33.3 Å². The third kappa shape index (κ3) is 3.55. The summed E-state index contributed by atoms with van der Waals surface area (Å²) in [5.41, 5.74) is 11.5. The van der Waals surface area contributed by atoms with Crippen molar-refractivity contribution in [3.8, 4) is 11.1 Å². The summed E-state index contributed by atoms with van der Waals surface area (Å²) in [5, 5.41) is 14.5. The number of nitrogens with two attached hydrogens (primary N) is 1. The monoisotopic (exact) mass is 478 g/mol. The van der Waals surface area contributed by atoms with Gasteiger partial charge in [0.15, 0.2) is 5.65 Å². The second kappa shape index (κ2) is 7.75. The second-order valence-corrected chi connectivity index (χ2v) is 8.27. The molecule has 0 spiro atoms. The SMILES string of the molecule is Nc1c(Br)c(C2=CCN(CC(=O)O)CC2)nc2c(-c3cnc4ccccc4c3)cnn12. The number of carboxylic acids is 1. The molecule has 0 bridgehead atoms. The number of nitrogen functional groups attached to an aromatic ring is 1. The Morgan fingerprint density at radius 1 is 1.26 bits per heavy atom. The number of para-hydroxylation sites is 1. The third-order valence-electron chi connectivity index (χ3n) is 5.48. The molecule has 1 aliphatic rings. The van der Waals surface area contributed by atoms with E-state index >= 15 is 0 Å². The van der Waals surface area contributed by atoms with Crippen LogP contribution in [0.15, 0.2) is 53.3 Å². The molecule has 4 aromatic rings. The Hall–Kier alpha value is -3.30. The summed E-state index contributed by atoms with van der Waals surface area (Å²) < 4.78 is 2.31. The summed E-state index contributed by atoms with van der Waals surface area (Å²) in [6.45, 7) is 1.24. The number of aromatic nitrogens is 4. The van der Waals surface area contributed by atoms with E-state index < -0.39 is 5.97 Å². The number of hydrogen-bond acceptors (Lipinski definition) is 6. The summed E-state index contributed by atoms with van der Waals surface area (Å²) in [6, 6.07) is 10.0. The minimum atomic E-state index is -0.824. The van der Waals surface area contributed by atoms with Gasteiger partial charge in [-0.15, -0.1) is 0 Å². The lowest BCUT2D eigenvalue weighted by Gasteiger charge is -2.25. The maximum Gasteiger partial charge on any atom is 0.317 e. The minimum Gasteiger partial charge on any atom is -0.480 e. The first-order valence-corrected chi connectivity index (χ1v) is 10.6. The molecular formula is C22H19BrN6O2. The number of carbonyl (C=O) groups is 1. The maximum absolute atomic E-state index is 11.0. The Labute approximate surface area is 186 Å². The van der Waals surface area contributed by atoms with Gasteiger partial charge in [0.25, 0.3) is 0 Å². The van der Waals surface area contributed by atoms with Crippen molar-refractivity contribution in [3.05, 3.63) is 59.0 Å². The van der Waals surface area contributed by atoms with E-state index in [1.165, 1.54) is 0 Å². The number of fused-ring (bicyclic) bond motifs is 2. The summed E-state index contributed by atoms with van der Waals surface area (Å²) in [5.74, 6) is -0.358. The Kier molecular flexibility index (Phi) is 4.91. The van der Waals surface area contributed by atoms with Crippen LogP contribution in [-0.4, -0.2) is 55.2 Å². The van der Waals surface area contributed by atoms with E-state index in [1.54, 1.807) is 10.7 Å². The van der Waals surface area contributed by atoms with Gasteiger partial charge in [-0.25, -0.2) is 4.98 Å². The number of aliphatic carboxylic acids is 1. The average Bonchev–Trinajstić information content (AvgIpc) is 3.20. The summed E-state index contributed by atoms with van der Waals surface area (Å²) in [4.78, 5) is 22.3. The Balaban J connectivity index is 1.59. The highest BCUT2D eigenvalue weighted by Gasteiger charge is 2.22. The van der Waals surface area contributed by atoms with Gasteiger partial charge in [0.1, 0.15) is 5.82 Å². The lowest BCUT2D eigenvalue weighted by molar-refractivity contribution is -0.138. The fraction of sp³-hybridized carbons (Fsp3) is 0.182. The zero-order valence-corrected chi connectivity index (χ0v) is 18.1. The minimum absolute atomic E-state index is 0.0291. The van der Waals surface area contributed by atoms with Crippen molar-refractivity contribution in [2.45, 2.75) is 6.42 Å². The molecule has 3 N–H and O–H groups in total. The van der Waals surface area contributed by atoms with Gasteiger partial charge in [0.2, 0.25) is 0 Å². The number of halogens is 1. The molecule has 5 rings (SSSR count). The molecule has 0 atom stereocenters. The number of benzene rings is 1. The first-order chi connectivity index (χ1) is 15.0. The summed E-state index contributed by atoms with van der Waals surface area (Å²) in [6.07, 6.45) is 6.28. The molecule has 0 radical (unpaired) electrons. The predicted octanol–water partition coefficient (Wildman–Crippen LogP) is 3.46. The number of anilines is 1. The number of carboxylic acid groups (broad SMARTS) is 1. The largest absolute Gasteiger partial charge is 0.480 e. The molecular weight excluding hydrogens is 460 g/mol. The highest BCUT2D eigenvalue weighted by Crippen LogP contribution is 2.35. The molecule has 0 fully saturated rings. The van der Waals surface area contributed by atoms with E-state index in [0.29, 0.717) is 35.4 Å². The Bertz CT molecular complexity index is 1360. The van der Waals surface area contributed by atoms with Gasteiger partial charge in [0, 0.05) is 35.8 Å². The highest BCUT2D eigenvalue weighted by molar-refractivity contribution is 9.10. The first-order valence-electron chi connectivity index (χ1n) is 9.82. The molecule has 1 aliphatic heterocycles. The lowest BCUT2D eigenvalue weighted by Crippen LogP contribution is -2.33. The number of nitrogens with zero attached hydrogens (tertiary/aromatic N) is 5. The lowest BCUT2D eigenvalue weighted by atomic mass is 10.0. The van der Waals surface area contributed by atoms with Crippen molar-refractivity contribution in [3.63, 3.8) is 0 Å². The Morgan fingerprint density at radius 3 is 2.87 bits per heavy atom. The van der Waals surface area contributed by atoms with Crippen molar-refractivity contribution < 1.29 is 9.90 Å². The van der Waals surface area contributed by atoms with Gasteiger partial charge < -0.3 is 10.8 Å². The van der Waals surface area contributed by atoms with E-state index in [4.69, 9.17) is 15.8 Å². The van der Waals surface area contributed by atoms with Gasteiger partial charge in [0.05, 0.1) is 28.4 Å². The van der Waals surface area contributed by atoms with Gasteiger partial charge in [-0.05, 0) is 40.1 Å². The van der Waals surface area contributed by atoms with Crippen molar-refractivity contribution in [1.29, 1.82) is 0 Å². The first kappa shape index (κ1) is 19.7. The van der Waals surface area contributed by atoms with Crippen LogP contribution in [0.2, 0.25) is 0 Å². The molecule has 4 heterocycles. The van der Waals surface area contributed by atoms with Crippen LogP contribution in [0.5, 0.6) is 0 Å². The van der Waals surface area contributed by atoms with Crippen LogP contribution in [0.4, 0.5) is 5.82 Å². The molecule has 0 saturated carbocycles. The van der Waals surface area contributed by atoms with E-state index in [1.807, 2.05) is 41.4 Å². The van der Waals surface area contributed by atoms with Crippen LogP contribution in [0, 0.1) is 0 Å². The van der Waals surface area contributed by atoms with Gasteiger partial charge in [-0.3, -0.25) is 14.7 Å². The standard InChI is InChI=1S/C22H19BrN6O2/c23-19-20(13-5-7-28(8-6-13)12-18(30)31)27-22-16(11-26-29(22)21(19)24)15-9-14-3-1-2-4-17(14)25-10-15/h1-5,9-11H,6-8,12,24H2,(H,30,31). The normalized spacial score (nSPS) is 14.8. The summed E-state index contributed by atoms with van der Waals surface area (Å²) >= 11 is 3.58. The maximum atomic E-state index is 11.0.